The van der Waals surface area contributed by atoms with Gasteiger partial charge in [-0.1, -0.05) is 0 Å². The number of hydrogen-bond acceptors (Lipinski definition) is 6. The molecule has 0 saturated carbocycles. The maximum absolute atomic E-state index is 11.9. The van der Waals surface area contributed by atoms with Gasteiger partial charge >= 0.3 is 0 Å². The summed E-state index contributed by atoms with van der Waals surface area (Å²) in [7, 11) is 0. The molecular formula is C17H24N2O5. The lowest BCUT2D eigenvalue weighted by Crippen LogP contribution is -2.33. The molecule has 1 aromatic rings. The van der Waals surface area contributed by atoms with Crippen molar-refractivity contribution in [2.24, 2.45) is 5.10 Å². The number of rotatable bonds is 8. The van der Waals surface area contributed by atoms with Crippen molar-refractivity contribution in [3.8, 4) is 11.5 Å². The summed E-state index contributed by atoms with van der Waals surface area (Å²) >= 11 is 0. The van der Waals surface area contributed by atoms with Crippen LogP contribution in [0.1, 0.15) is 32.8 Å². The third-order valence-electron chi connectivity index (χ3n) is 3.35. The Hall–Kier alpha value is -2.12. The Morgan fingerprint density at radius 3 is 2.58 bits per heavy atom. The minimum Gasteiger partial charge on any atom is -0.490 e. The molecule has 0 aliphatic carbocycles. The van der Waals surface area contributed by atoms with E-state index in [4.69, 9.17) is 18.9 Å². The van der Waals surface area contributed by atoms with Crippen LogP contribution in [0.2, 0.25) is 0 Å². The third kappa shape index (κ3) is 5.21. The van der Waals surface area contributed by atoms with Crippen LogP contribution >= 0.6 is 0 Å². The molecule has 2 rings (SSSR count). The largest absolute Gasteiger partial charge is 0.490 e. The van der Waals surface area contributed by atoms with E-state index in [9.17, 15) is 4.79 Å². The van der Waals surface area contributed by atoms with Gasteiger partial charge in [0.1, 0.15) is 0 Å². The van der Waals surface area contributed by atoms with Crippen LogP contribution in [-0.4, -0.2) is 44.3 Å². The lowest BCUT2D eigenvalue weighted by Gasteiger charge is -2.20. The molecule has 1 saturated heterocycles. The summed E-state index contributed by atoms with van der Waals surface area (Å²) in [6, 6.07) is 5.47. The van der Waals surface area contributed by atoms with Gasteiger partial charge in [-0.15, -0.1) is 0 Å². The fourth-order valence-electron chi connectivity index (χ4n) is 2.32. The van der Waals surface area contributed by atoms with Crippen LogP contribution in [-0.2, 0) is 14.3 Å². The van der Waals surface area contributed by atoms with E-state index in [2.05, 4.69) is 10.5 Å². The Balaban J connectivity index is 1.93. The summed E-state index contributed by atoms with van der Waals surface area (Å²) in [5.41, 5.74) is 3.27. The topological polar surface area (TPSA) is 78.4 Å². The van der Waals surface area contributed by atoms with E-state index < -0.39 is 5.79 Å². The average molecular weight is 336 g/mol. The first-order valence-electron chi connectivity index (χ1n) is 8.06. The van der Waals surface area contributed by atoms with E-state index in [1.807, 2.05) is 32.0 Å². The second kappa shape index (κ2) is 8.65. The van der Waals surface area contributed by atoms with Crippen LogP contribution in [0.5, 0.6) is 11.5 Å². The zero-order valence-electron chi connectivity index (χ0n) is 14.3. The van der Waals surface area contributed by atoms with Gasteiger partial charge in [0.25, 0.3) is 0 Å². The molecule has 1 fully saturated rings. The predicted octanol–water partition coefficient (Wildman–Crippen LogP) is 2.09. The molecule has 7 heteroatoms. The van der Waals surface area contributed by atoms with Gasteiger partial charge in [0.2, 0.25) is 5.91 Å². The first kappa shape index (κ1) is 18.2. The van der Waals surface area contributed by atoms with Crippen LogP contribution in [0.3, 0.4) is 0 Å². The quantitative estimate of drug-likeness (QED) is 0.581. The summed E-state index contributed by atoms with van der Waals surface area (Å²) in [5, 5.41) is 3.96. The number of benzene rings is 1. The van der Waals surface area contributed by atoms with Crippen molar-refractivity contribution in [1.29, 1.82) is 0 Å². The summed E-state index contributed by atoms with van der Waals surface area (Å²) in [5.74, 6) is 0.200. The fourth-order valence-corrected chi connectivity index (χ4v) is 2.32. The number of amides is 1. The second-order valence-electron chi connectivity index (χ2n) is 5.37. The zero-order valence-corrected chi connectivity index (χ0v) is 14.3. The standard InChI is InChI=1S/C17H24N2O5/c1-4-21-14-7-6-13(10-15(14)22-5-2)12-18-19-16(20)11-17(3)23-8-9-24-17/h6-7,10,12H,4-5,8-9,11H2,1-3H3,(H,19,20)/b18-12+. The summed E-state index contributed by atoms with van der Waals surface area (Å²) in [6.07, 6.45) is 1.65. The van der Waals surface area contributed by atoms with Crippen LogP contribution in [0, 0.1) is 0 Å². The highest BCUT2D eigenvalue weighted by Gasteiger charge is 2.33. The molecule has 0 atom stereocenters. The number of nitrogens with one attached hydrogen (secondary N) is 1. The lowest BCUT2D eigenvalue weighted by molar-refractivity contribution is -0.159. The van der Waals surface area contributed by atoms with Crippen molar-refractivity contribution < 1.29 is 23.7 Å². The fraction of sp³-hybridized carbons (Fsp3) is 0.529. The Labute approximate surface area is 141 Å². The molecule has 0 radical (unpaired) electrons. The minimum absolute atomic E-state index is 0.0951. The number of carbonyl (C=O) groups is 1. The second-order valence-corrected chi connectivity index (χ2v) is 5.37. The van der Waals surface area contributed by atoms with Crippen LogP contribution in [0.4, 0.5) is 0 Å². The SMILES string of the molecule is CCOc1ccc(/C=N/NC(=O)CC2(C)OCCO2)cc1OCC. The molecule has 0 spiro atoms. The van der Waals surface area contributed by atoms with E-state index in [1.54, 1.807) is 13.1 Å². The lowest BCUT2D eigenvalue weighted by atomic mass is 10.2. The minimum atomic E-state index is -0.860. The molecule has 1 aliphatic heterocycles. The van der Waals surface area contributed by atoms with E-state index in [1.165, 1.54) is 0 Å². The molecule has 1 aromatic carbocycles. The molecule has 24 heavy (non-hydrogen) atoms. The van der Waals surface area contributed by atoms with E-state index in [0.717, 1.165) is 5.56 Å². The number of hydrazone groups is 1. The van der Waals surface area contributed by atoms with Crippen molar-refractivity contribution in [3.05, 3.63) is 23.8 Å². The molecule has 1 amide bonds. The molecule has 0 unspecified atom stereocenters. The Kier molecular flexibility index (Phi) is 6.57. The molecular weight excluding hydrogens is 312 g/mol. The molecule has 7 nitrogen and oxygen atoms in total. The van der Waals surface area contributed by atoms with Gasteiger partial charge in [-0.25, -0.2) is 5.43 Å². The van der Waals surface area contributed by atoms with Gasteiger partial charge in [-0.3, -0.25) is 4.79 Å². The molecule has 0 bridgehead atoms. The van der Waals surface area contributed by atoms with E-state index in [0.29, 0.717) is 37.9 Å². The Bertz CT molecular complexity index is 582. The summed E-state index contributed by atoms with van der Waals surface area (Å²) < 4.78 is 21.8. The highest BCUT2D eigenvalue weighted by atomic mass is 16.7. The predicted molar refractivity (Wildman–Crippen MR) is 89.4 cm³/mol. The van der Waals surface area contributed by atoms with Gasteiger partial charge in [0, 0.05) is 0 Å². The van der Waals surface area contributed by atoms with Gasteiger partial charge in [0.15, 0.2) is 17.3 Å². The van der Waals surface area contributed by atoms with Crippen molar-refractivity contribution in [2.45, 2.75) is 33.0 Å². The first-order chi connectivity index (χ1) is 11.6. The number of ether oxygens (including phenoxy) is 4. The number of carbonyl (C=O) groups excluding carboxylic acids is 1. The summed E-state index contributed by atoms with van der Waals surface area (Å²) in [4.78, 5) is 11.9. The van der Waals surface area contributed by atoms with Gasteiger partial charge in [-0.2, -0.15) is 5.10 Å². The van der Waals surface area contributed by atoms with Crippen molar-refractivity contribution in [3.63, 3.8) is 0 Å². The number of nitrogens with zero attached hydrogens (tertiary/aromatic N) is 1. The summed E-state index contributed by atoms with van der Waals surface area (Å²) in [6.45, 7) is 7.66. The third-order valence-corrected chi connectivity index (χ3v) is 3.35. The van der Waals surface area contributed by atoms with Crippen molar-refractivity contribution in [1.82, 2.24) is 5.43 Å². The smallest absolute Gasteiger partial charge is 0.245 e. The van der Waals surface area contributed by atoms with Crippen molar-refractivity contribution in [2.75, 3.05) is 26.4 Å². The Morgan fingerprint density at radius 2 is 1.92 bits per heavy atom. The Morgan fingerprint density at radius 1 is 1.25 bits per heavy atom. The normalized spacial score (nSPS) is 16.3. The highest BCUT2D eigenvalue weighted by Crippen LogP contribution is 2.28. The molecule has 0 aromatic heterocycles. The van der Waals surface area contributed by atoms with Gasteiger partial charge in [-0.05, 0) is 44.5 Å². The molecule has 1 aliphatic rings. The monoisotopic (exact) mass is 336 g/mol. The number of hydrogen-bond donors (Lipinski definition) is 1. The highest BCUT2D eigenvalue weighted by molar-refractivity contribution is 5.83. The maximum Gasteiger partial charge on any atom is 0.245 e. The molecule has 1 heterocycles. The zero-order chi connectivity index (χ0) is 17.4. The average Bonchev–Trinajstić information content (AvgIpc) is 2.96. The molecule has 132 valence electrons. The van der Waals surface area contributed by atoms with Gasteiger partial charge in [0.05, 0.1) is 39.1 Å². The first-order valence-corrected chi connectivity index (χ1v) is 8.06. The van der Waals surface area contributed by atoms with E-state index in [-0.39, 0.29) is 12.3 Å². The van der Waals surface area contributed by atoms with Gasteiger partial charge < -0.3 is 18.9 Å². The van der Waals surface area contributed by atoms with Crippen LogP contribution in [0.25, 0.3) is 0 Å². The van der Waals surface area contributed by atoms with Crippen LogP contribution in [0.15, 0.2) is 23.3 Å². The van der Waals surface area contributed by atoms with Crippen LogP contribution < -0.4 is 14.9 Å². The molecule has 1 N–H and O–H groups in total. The van der Waals surface area contributed by atoms with E-state index >= 15 is 0 Å². The van der Waals surface area contributed by atoms with Crippen molar-refractivity contribution >= 4 is 12.1 Å². The maximum atomic E-state index is 11.9.